The lowest BCUT2D eigenvalue weighted by Crippen LogP contribution is -2.28. The minimum absolute atomic E-state index is 0.115. The predicted molar refractivity (Wildman–Crippen MR) is 116 cm³/mol. The van der Waals surface area contributed by atoms with Gasteiger partial charge in [-0.1, -0.05) is 31.5 Å². The van der Waals surface area contributed by atoms with E-state index in [1.54, 1.807) is 31.3 Å². The molecule has 1 heterocycles. The summed E-state index contributed by atoms with van der Waals surface area (Å²) in [4.78, 5) is 25.2. The maximum Gasteiger partial charge on any atom is 0.276 e. The molecule has 0 bridgehead atoms. The maximum absolute atomic E-state index is 12.8. The van der Waals surface area contributed by atoms with Crippen molar-refractivity contribution in [2.75, 3.05) is 18.9 Å². The summed E-state index contributed by atoms with van der Waals surface area (Å²) >= 11 is 0. The van der Waals surface area contributed by atoms with Crippen molar-refractivity contribution in [3.8, 4) is 0 Å². The molecular weight excluding hydrogens is 404 g/mol. The Labute approximate surface area is 175 Å². The Hall–Kier alpha value is -3.04. The Morgan fingerprint density at radius 1 is 1.10 bits per heavy atom. The van der Waals surface area contributed by atoms with Crippen LogP contribution in [-0.2, 0) is 17.1 Å². The van der Waals surface area contributed by atoms with Crippen LogP contribution in [0.15, 0.2) is 58.2 Å². The van der Waals surface area contributed by atoms with Crippen LogP contribution in [0.25, 0.3) is 10.8 Å². The Kier molecular flexibility index (Phi) is 6.33. The van der Waals surface area contributed by atoms with Gasteiger partial charge in [-0.15, -0.1) is 0 Å². The Morgan fingerprint density at radius 2 is 1.73 bits per heavy atom. The van der Waals surface area contributed by atoms with Crippen LogP contribution in [0.2, 0.25) is 0 Å². The average molecular weight is 429 g/mol. The second-order valence-corrected chi connectivity index (χ2v) is 9.03. The zero-order chi connectivity index (χ0) is 21.9. The van der Waals surface area contributed by atoms with E-state index in [4.69, 9.17) is 0 Å². The van der Waals surface area contributed by atoms with Crippen molar-refractivity contribution in [1.29, 1.82) is 0 Å². The topological polar surface area (TPSA) is 101 Å². The van der Waals surface area contributed by atoms with E-state index in [9.17, 15) is 18.0 Å². The zero-order valence-corrected chi connectivity index (χ0v) is 17.9. The largest absolute Gasteiger partial charge is 0.321 e. The first-order valence-corrected chi connectivity index (χ1v) is 11.0. The lowest BCUT2D eigenvalue weighted by Gasteiger charge is -2.17. The van der Waals surface area contributed by atoms with Gasteiger partial charge in [0, 0.05) is 31.7 Å². The summed E-state index contributed by atoms with van der Waals surface area (Å²) < 4.78 is 27.7. The number of fused-ring (bicyclic) bond motifs is 1. The minimum Gasteiger partial charge on any atom is -0.321 e. The number of nitrogens with one attached hydrogen (secondary N) is 1. The molecule has 0 unspecified atom stereocenters. The van der Waals surface area contributed by atoms with Crippen LogP contribution in [0.5, 0.6) is 0 Å². The van der Waals surface area contributed by atoms with Crippen molar-refractivity contribution < 1.29 is 13.2 Å². The molecule has 2 aromatic carbocycles. The van der Waals surface area contributed by atoms with Gasteiger partial charge in [0.25, 0.3) is 11.5 Å². The molecular formula is C21H24N4O4S. The molecule has 1 aromatic heterocycles. The second kappa shape index (κ2) is 8.76. The van der Waals surface area contributed by atoms with E-state index < -0.39 is 15.9 Å². The van der Waals surface area contributed by atoms with Crippen molar-refractivity contribution in [2.45, 2.75) is 24.7 Å². The number of amides is 1. The Morgan fingerprint density at radius 3 is 2.37 bits per heavy atom. The molecule has 0 aliphatic heterocycles. The molecule has 0 spiro atoms. The van der Waals surface area contributed by atoms with Crippen LogP contribution >= 0.6 is 0 Å². The van der Waals surface area contributed by atoms with Crippen molar-refractivity contribution in [3.63, 3.8) is 0 Å². The third kappa shape index (κ3) is 4.27. The highest BCUT2D eigenvalue weighted by atomic mass is 32.2. The highest BCUT2D eigenvalue weighted by Gasteiger charge is 2.20. The van der Waals surface area contributed by atoms with E-state index in [2.05, 4.69) is 10.4 Å². The highest BCUT2D eigenvalue weighted by Crippen LogP contribution is 2.19. The molecule has 0 aliphatic rings. The van der Waals surface area contributed by atoms with Gasteiger partial charge in [0.15, 0.2) is 5.69 Å². The molecule has 3 rings (SSSR count). The van der Waals surface area contributed by atoms with E-state index >= 15 is 0 Å². The first-order valence-electron chi connectivity index (χ1n) is 9.59. The van der Waals surface area contributed by atoms with Crippen molar-refractivity contribution in [3.05, 3.63) is 64.6 Å². The van der Waals surface area contributed by atoms with E-state index in [0.717, 1.165) is 17.5 Å². The molecule has 30 heavy (non-hydrogen) atoms. The average Bonchev–Trinajstić information content (AvgIpc) is 2.74. The van der Waals surface area contributed by atoms with Gasteiger partial charge < -0.3 is 5.32 Å². The summed E-state index contributed by atoms with van der Waals surface area (Å²) in [5.74, 6) is -0.488. The minimum atomic E-state index is -3.58. The van der Waals surface area contributed by atoms with E-state index in [-0.39, 0.29) is 16.1 Å². The van der Waals surface area contributed by atoms with E-state index in [1.165, 1.54) is 35.6 Å². The number of carbonyl (C=O) groups is 1. The number of hydrogen-bond acceptors (Lipinski definition) is 5. The summed E-state index contributed by atoms with van der Waals surface area (Å²) in [6.07, 6.45) is 1.68. The number of rotatable bonds is 7. The third-order valence-electron chi connectivity index (χ3n) is 4.82. The zero-order valence-electron chi connectivity index (χ0n) is 17.1. The number of unbranched alkanes of at least 4 members (excludes halogenated alkanes) is 1. The normalized spacial score (nSPS) is 11.7. The molecule has 0 radical (unpaired) electrons. The lowest BCUT2D eigenvalue weighted by molar-refractivity contribution is 0.102. The van der Waals surface area contributed by atoms with Crippen LogP contribution in [0.1, 0.15) is 30.3 Å². The fourth-order valence-electron chi connectivity index (χ4n) is 3.05. The molecule has 9 heteroatoms. The van der Waals surface area contributed by atoms with Crippen LogP contribution in [0.3, 0.4) is 0 Å². The first-order chi connectivity index (χ1) is 14.3. The van der Waals surface area contributed by atoms with Crippen LogP contribution < -0.4 is 10.9 Å². The maximum atomic E-state index is 12.8. The Bertz CT molecular complexity index is 1230. The number of aromatic nitrogens is 2. The van der Waals surface area contributed by atoms with Crippen molar-refractivity contribution in [1.82, 2.24) is 14.1 Å². The van der Waals surface area contributed by atoms with Gasteiger partial charge in [0.2, 0.25) is 10.0 Å². The molecule has 8 nitrogen and oxygen atoms in total. The third-order valence-corrected chi connectivity index (χ3v) is 6.69. The SMILES string of the molecule is CCCCN(C)S(=O)(=O)c1ccc(NC(=O)c2nn(C)c(=O)c3ccccc23)cc1. The molecule has 0 saturated heterocycles. The predicted octanol–water partition coefficient (Wildman–Crippen LogP) is 2.61. The molecule has 0 atom stereocenters. The van der Waals surface area contributed by atoms with Crippen molar-refractivity contribution in [2.24, 2.45) is 7.05 Å². The summed E-state index contributed by atoms with van der Waals surface area (Å²) in [5.41, 5.74) is 0.252. The van der Waals surface area contributed by atoms with Gasteiger partial charge in [0.05, 0.1) is 10.3 Å². The molecule has 3 aromatic rings. The van der Waals surface area contributed by atoms with Gasteiger partial charge in [-0.2, -0.15) is 5.10 Å². The van der Waals surface area contributed by atoms with Crippen LogP contribution in [0, 0.1) is 0 Å². The number of benzene rings is 2. The van der Waals surface area contributed by atoms with Crippen LogP contribution in [0.4, 0.5) is 5.69 Å². The van der Waals surface area contributed by atoms with Crippen LogP contribution in [-0.4, -0.2) is 42.0 Å². The number of carbonyl (C=O) groups excluding carboxylic acids is 1. The lowest BCUT2D eigenvalue weighted by atomic mass is 10.1. The van der Waals surface area contributed by atoms with Gasteiger partial charge >= 0.3 is 0 Å². The summed E-state index contributed by atoms with van der Waals surface area (Å²) in [6, 6.07) is 12.7. The van der Waals surface area contributed by atoms with Gasteiger partial charge in [0.1, 0.15) is 0 Å². The molecule has 1 amide bonds. The fourth-order valence-corrected chi connectivity index (χ4v) is 4.26. The van der Waals surface area contributed by atoms with E-state index in [1.807, 2.05) is 6.92 Å². The monoisotopic (exact) mass is 428 g/mol. The number of aryl methyl sites for hydroxylation is 1. The van der Waals surface area contributed by atoms with Gasteiger partial charge in [-0.25, -0.2) is 17.4 Å². The molecule has 0 saturated carbocycles. The quantitative estimate of drug-likeness (QED) is 0.623. The fraction of sp³-hybridized carbons (Fsp3) is 0.286. The molecule has 158 valence electrons. The Balaban J connectivity index is 1.85. The first kappa shape index (κ1) is 21.7. The standard InChI is InChI=1S/C21H24N4O4S/c1-4-5-14-24(2)30(28,29)16-12-10-15(11-13-16)22-20(26)19-17-8-6-7-9-18(17)21(27)25(3)23-19/h6-13H,4-5,14H2,1-3H3,(H,22,26). The van der Waals surface area contributed by atoms with Gasteiger partial charge in [-0.3, -0.25) is 9.59 Å². The summed E-state index contributed by atoms with van der Waals surface area (Å²) in [6.45, 7) is 2.45. The molecule has 0 fully saturated rings. The highest BCUT2D eigenvalue weighted by molar-refractivity contribution is 7.89. The number of nitrogens with zero attached hydrogens (tertiary/aromatic N) is 3. The van der Waals surface area contributed by atoms with E-state index in [0.29, 0.717) is 23.0 Å². The summed E-state index contributed by atoms with van der Waals surface area (Å²) in [5, 5.41) is 7.66. The smallest absolute Gasteiger partial charge is 0.276 e. The summed E-state index contributed by atoms with van der Waals surface area (Å²) in [7, 11) is -0.539. The second-order valence-electron chi connectivity index (χ2n) is 6.98. The number of sulfonamides is 1. The number of anilines is 1. The van der Waals surface area contributed by atoms with Gasteiger partial charge in [-0.05, 0) is 36.8 Å². The van der Waals surface area contributed by atoms with Crippen molar-refractivity contribution >= 4 is 32.4 Å². The number of hydrogen-bond donors (Lipinski definition) is 1. The molecule has 1 N–H and O–H groups in total. The molecule has 0 aliphatic carbocycles.